The number of carbonyl (C=O) groups excluding carboxylic acids is 1. The van der Waals surface area contributed by atoms with Gasteiger partial charge in [-0.25, -0.2) is 4.57 Å². The Bertz CT molecular complexity index is 1390. The minimum atomic E-state index is -4.36. The molecule has 0 heterocycles. The maximum atomic E-state index is 12.9. The molecular weight excluding hydrogens is 840 g/mol. The molecule has 8 nitrogen and oxygen atoms in total. The van der Waals surface area contributed by atoms with Crippen LogP contribution in [0.4, 0.5) is 0 Å². The van der Waals surface area contributed by atoms with E-state index in [9.17, 15) is 19.4 Å². The van der Waals surface area contributed by atoms with Gasteiger partial charge in [-0.05, 0) is 89.9 Å². The largest absolute Gasteiger partial charge is 0.472 e. The number of unbranched alkanes of at least 4 members (excludes halogenated alkanes) is 20. The van der Waals surface area contributed by atoms with Gasteiger partial charge < -0.3 is 19.8 Å². The van der Waals surface area contributed by atoms with Gasteiger partial charge >= 0.3 is 7.82 Å². The topological polar surface area (TPSA) is 105 Å². The van der Waals surface area contributed by atoms with Crippen molar-refractivity contribution in [1.82, 2.24) is 5.32 Å². The highest BCUT2D eigenvalue weighted by atomic mass is 31.2. The van der Waals surface area contributed by atoms with Gasteiger partial charge in [0.2, 0.25) is 5.91 Å². The van der Waals surface area contributed by atoms with E-state index in [0.717, 1.165) is 77.0 Å². The Labute approximate surface area is 407 Å². The Hall–Kier alpha value is -2.58. The second-order valence-electron chi connectivity index (χ2n) is 18.8. The number of phosphoric ester groups is 1. The van der Waals surface area contributed by atoms with E-state index in [0.29, 0.717) is 17.4 Å². The fourth-order valence-corrected chi connectivity index (χ4v) is 7.83. The van der Waals surface area contributed by atoms with Crippen molar-refractivity contribution in [2.24, 2.45) is 0 Å². The highest BCUT2D eigenvalue weighted by molar-refractivity contribution is 7.47. The molecule has 0 rings (SSSR count). The molecule has 0 aliphatic rings. The van der Waals surface area contributed by atoms with Gasteiger partial charge in [0.05, 0.1) is 39.9 Å². The molecular formula is C57H102N2O6P+. The Morgan fingerprint density at radius 3 is 1.39 bits per heavy atom. The number of allylic oxidation sites excluding steroid dienone is 15. The summed E-state index contributed by atoms with van der Waals surface area (Å²) in [5, 5.41) is 13.9. The fourth-order valence-electron chi connectivity index (χ4n) is 7.10. The van der Waals surface area contributed by atoms with Gasteiger partial charge in [0.25, 0.3) is 0 Å². The smallest absolute Gasteiger partial charge is 0.387 e. The third kappa shape index (κ3) is 49.3. The lowest BCUT2D eigenvalue weighted by Gasteiger charge is -2.25. The molecule has 1 amide bonds. The lowest BCUT2D eigenvalue weighted by Crippen LogP contribution is -2.45. The number of hydrogen-bond donors (Lipinski definition) is 3. The third-order valence-corrected chi connectivity index (χ3v) is 12.2. The number of phosphoric acid groups is 1. The molecule has 0 fully saturated rings. The van der Waals surface area contributed by atoms with Crippen LogP contribution < -0.4 is 5.32 Å². The molecule has 0 saturated carbocycles. The van der Waals surface area contributed by atoms with Crippen LogP contribution in [-0.4, -0.2) is 73.4 Å². The van der Waals surface area contributed by atoms with Crippen molar-refractivity contribution in [3.05, 3.63) is 97.2 Å². The predicted molar refractivity (Wildman–Crippen MR) is 286 cm³/mol. The van der Waals surface area contributed by atoms with Crippen molar-refractivity contribution < 1.29 is 32.9 Å². The van der Waals surface area contributed by atoms with Crippen molar-refractivity contribution in [2.45, 2.75) is 219 Å². The molecule has 3 N–H and O–H groups in total. The lowest BCUT2D eigenvalue weighted by molar-refractivity contribution is -0.870. The highest BCUT2D eigenvalue weighted by Crippen LogP contribution is 2.43. The van der Waals surface area contributed by atoms with E-state index in [4.69, 9.17) is 9.05 Å². The van der Waals surface area contributed by atoms with Crippen molar-refractivity contribution in [3.63, 3.8) is 0 Å². The SMILES string of the molecule is CC/C=C\C/C=C\C/C=C\C/C=C\C/C=C\CCCCCCCCCCCCCC(=O)NC(COP(=O)(O)OCC[N+](C)(C)C)C(O)/C=C/CC/C=C/CC/C=C/CCCCCCCCC. The first kappa shape index (κ1) is 63.4. The fraction of sp³-hybridized carbons (Fsp3) is 0.702. The number of nitrogens with one attached hydrogen (secondary N) is 1. The number of nitrogens with zero attached hydrogens (tertiary/aromatic N) is 1. The average molecular weight is 942 g/mol. The van der Waals surface area contributed by atoms with Crippen LogP contribution in [-0.2, 0) is 18.4 Å². The number of rotatable bonds is 47. The van der Waals surface area contributed by atoms with Gasteiger partial charge in [-0.1, -0.05) is 207 Å². The third-order valence-electron chi connectivity index (χ3n) is 11.3. The van der Waals surface area contributed by atoms with E-state index >= 15 is 0 Å². The average Bonchev–Trinajstić information content (AvgIpc) is 3.28. The highest BCUT2D eigenvalue weighted by Gasteiger charge is 2.27. The van der Waals surface area contributed by atoms with E-state index in [1.807, 2.05) is 27.2 Å². The summed E-state index contributed by atoms with van der Waals surface area (Å²) in [6.07, 6.45) is 67.8. The molecule has 0 radical (unpaired) electrons. The maximum Gasteiger partial charge on any atom is 0.472 e. The number of likely N-dealkylation sites (N-methyl/N-ethyl adjacent to an activating group) is 1. The molecule has 0 spiro atoms. The van der Waals surface area contributed by atoms with Crippen molar-refractivity contribution in [3.8, 4) is 0 Å². The molecule has 380 valence electrons. The van der Waals surface area contributed by atoms with Gasteiger partial charge in [0.1, 0.15) is 13.2 Å². The normalized spacial score (nSPS) is 14.8. The van der Waals surface area contributed by atoms with Gasteiger partial charge in [-0.3, -0.25) is 13.8 Å². The van der Waals surface area contributed by atoms with Gasteiger partial charge in [0, 0.05) is 6.42 Å². The number of quaternary nitrogens is 1. The first-order valence-corrected chi connectivity index (χ1v) is 28.1. The van der Waals surface area contributed by atoms with Crippen LogP contribution in [0.15, 0.2) is 97.2 Å². The maximum absolute atomic E-state index is 12.9. The first-order chi connectivity index (χ1) is 32.0. The number of carbonyl (C=O) groups is 1. The molecule has 0 bridgehead atoms. The summed E-state index contributed by atoms with van der Waals surface area (Å²) in [5.41, 5.74) is 0. The van der Waals surface area contributed by atoms with Crippen molar-refractivity contribution in [1.29, 1.82) is 0 Å². The van der Waals surface area contributed by atoms with Crippen LogP contribution in [0.3, 0.4) is 0 Å². The zero-order valence-electron chi connectivity index (χ0n) is 43.1. The summed E-state index contributed by atoms with van der Waals surface area (Å²) in [5.74, 6) is -0.199. The van der Waals surface area contributed by atoms with E-state index in [1.54, 1.807) is 6.08 Å². The molecule has 0 aliphatic carbocycles. The summed E-state index contributed by atoms with van der Waals surface area (Å²) in [4.78, 5) is 23.2. The van der Waals surface area contributed by atoms with Crippen LogP contribution >= 0.6 is 7.82 Å². The molecule has 3 unspecified atom stereocenters. The van der Waals surface area contributed by atoms with E-state index in [1.165, 1.54) is 109 Å². The Balaban J connectivity index is 4.31. The second-order valence-corrected chi connectivity index (χ2v) is 20.3. The van der Waals surface area contributed by atoms with Gasteiger partial charge in [-0.2, -0.15) is 0 Å². The zero-order valence-corrected chi connectivity index (χ0v) is 44.0. The zero-order chi connectivity index (χ0) is 48.5. The second kappa shape index (κ2) is 47.5. The Morgan fingerprint density at radius 2 is 0.924 bits per heavy atom. The summed E-state index contributed by atoms with van der Waals surface area (Å²) < 4.78 is 23.6. The quantitative estimate of drug-likeness (QED) is 0.0243. The summed E-state index contributed by atoms with van der Waals surface area (Å²) >= 11 is 0. The number of amides is 1. The Morgan fingerprint density at radius 1 is 0.530 bits per heavy atom. The van der Waals surface area contributed by atoms with Gasteiger partial charge in [-0.15, -0.1) is 0 Å². The van der Waals surface area contributed by atoms with Gasteiger partial charge in [0.15, 0.2) is 0 Å². The molecule has 9 heteroatoms. The predicted octanol–water partition coefficient (Wildman–Crippen LogP) is 15.9. The van der Waals surface area contributed by atoms with Crippen LogP contribution in [0.2, 0.25) is 0 Å². The monoisotopic (exact) mass is 942 g/mol. The van der Waals surface area contributed by atoms with Crippen LogP contribution in [0.1, 0.15) is 206 Å². The summed E-state index contributed by atoms with van der Waals surface area (Å²) in [6.45, 7) is 4.65. The van der Waals surface area contributed by atoms with Crippen LogP contribution in [0.25, 0.3) is 0 Å². The number of aliphatic hydroxyl groups is 1. The van der Waals surface area contributed by atoms with E-state index in [-0.39, 0.29) is 19.1 Å². The molecule has 0 saturated heterocycles. The first-order valence-electron chi connectivity index (χ1n) is 26.6. The summed E-state index contributed by atoms with van der Waals surface area (Å²) in [7, 11) is 1.53. The molecule has 0 aromatic carbocycles. The molecule has 66 heavy (non-hydrogen) atoms. The molecule has 3 atom stereocenters. The lowest BCUT2D eigenvalue weighted by atomic mass is 10.0. The van der Waals surface area contributed by atoms with Crippen LogP contribution in [0.5, 0.6) is 0 Å². The Kier molecular flexibility index (Phi) is 45.6. The van der Waals surface area contributed by atoms with E-state index in [2.05, 4.69) is 104 Å². The summed E-state index contributed by atoms with van der Waals surface area (Å²) in [6, 6.07) is -0.877. The molecule has 0 aliphatic heterocycles. The minimum absolute atomic E-state index is 0.0484. The van der Waals surface area contributed by atoms with E-state index < -0.39 is 20.0 Å². The molecule has 0 aromatic heterocycles. The number of aliphatic hydroxyl groups excluding tert-OH is 1. The standard InChI is InChI=1S/C57H101N2O6P/c1-6-8-10-12-14-16-18-20-22-24-25-26-27-28-29-30-31-32-33-35-37-39-41-43-45-47-49-51-57(61)58-55(54-65-66(62,63)64-53-52-59(3,4)5)56(60)50-48-46-44-42-40-38-36-34-23-21-19-17-15-13-11-9-7-2/h8,10,14,16,20,22-23,25-26,28-29,34,40,42,48,50,55-56,60H,6-7,9,11-13,15,17-19,21,24,27,30-33,35-39,41,43-47,49,51-54H2,1-5H3,(H-,58,61,62,63)/p+1/b10-8-,16-14-,22-20-,26-25-,29-28-,34-23+,42-40+,50-48+. The minimum Gasteiger partial charge on any atom is -0.387 e. The van der Waals surface area contributed by atoms with Crippen LogP contribution in [0, 0.1) is 0 Å². The number of hydrogen-bond acceptors (Lipinski definition) is 5. The van der Waals surface area contributed by atoms with Crippen molar-refractivity contribution in [2.75, 3.05) is 40.9 Å². The van der Waals surface area contributed by atoms with Crippen molar-refractivity contribution >= 4 is 13.7 Å². The molecule has 0 aromatic rings.